The Morgan fingerprint density at radius 2 is 1.98 bits per heavy atom. The van der Waals surface area contributed by atoms with Crippen LogP contribution < -0.4 is 19.7 Å². The smallest absolute Gasteiger partial charge is 0.240 e. The second-order valence-corrected chi connectivity index (χ2v) is 12.2. The summed E-state index contributed by atoms with van der Waals surface area (Å²) in [5.74, 6) is 1.86. The first-order chi connectivity index (χ1) is 19.2. The normalized spacial score (nSPS) is 16.6. The molecule has 10 heteroatoms. The molecule has 0 fully saturated rings. The van der Waals surface area contributed by atoms with Gasteiger partial charge in [0.2, 0.25) is 18.6 Å². The maximum absolute atomic E-state index is 13.8. The SMILES string of the molecule is COCCCNC(=O)CN1C(=O)CS[C@H](c2ccc3c(c2)OCO3)c2c(C(C)(C)C)nn(-c3cccc(C)c3)c21. The highest BCUT2D eigenvalue weighted by molar-refractivity contribution is 8.00. The molecule has 1 atom stereocenters. The molecule has 0 saturated carbocycles. The molecule has 2 aromatic carbocycles. The van der Waals surface area contributed by atoms with Crippen molar-refractivity contribution in [3.8, 4) is 17.2 Å². The van der Waals surface area contributed by atoms with Crippen molar-refractivity contribution in [1.82, 2.24) is 15.1 Å². The zero-order valence-corrected chi connectivity index (χ0v) is 24.5. The lowest BCUT2D eigenvalue weighted by molar-refractivity contribution is -0.122. The number of nitrogens with zero attached hydrogens (tertiary/aromatic N) is 3. The molecule has 0 bridgehead atoms. The Hall–Kier alpha value is -3.50. The molecule has 40 heavy (non-hydrogen) atoms. The van der Waals surface area contributed by atoms with E-state index >= 15 is 0 Å². The zero-order chi connectivity index (χ0) is 28.4. The van der Waals surface area contributed by atoms with Crippen LogP contribution in [0.4, 0.5) is 5.82 Å². The van der Waals surface area contributed by atoms with Crippen molar-refractivity contribution < 1.29 is 23.8 Å². The third kappa shape index (κ3) is 5.69. The molecule has 3 heterocycles. The third-order valence-electron chi connectivity index (χ3n) is 6.89. The van der Waals surface area contributed by atoms with Crippen molar-refractivity contribution in [3.63, 3.8) is 0 Å². The molecule has 2 aliphatic heterocycles. The zero-order valence-electron chi connectivity index (χ0n) is 23.7. The van der Waals surface area contributed by atoms with Crippen LogP contribution in [0.2, 0.25) is 0 Å². The molecular weight excluding hydrogens is 528 g/mol. The highest BCUT2D eigenvalue weighted by Gasteiger charge is 2.40. The van der Waals surface area contributed by atoms with Crippen molar-refractivity contribution in [2.45, 2.75) is 44.8 Å². The molecular formula is C30H36N4O5S. The van der Waals surface area contributed by atoms with E-state index in [2.05, 4.69) is 26.1 Å². The van der Waals surface area contributed by atoms with Gasteiger partial charge in [0, 0.05) is 31.2 Å². The van der Waals surface area contributed by atoms with Crippen LogP contribution in [0.5, 0.6) is 11.5 Å². The van der Waals surface area contributed by atoms with Crippen LogP contribution in [0.15, 0.2) is 42.5 Å². The Morgan fingerprint density at radius 1 is 1.18 bits per heavy atom. The molecule has 0 unspecified atom stereocenters. The third-order valence-corrected chi connectivity index (χ3v) is 8.15. The number of fused-ring (bicyclic) bond motifs is 2. The average molecular weight is 565 g/mol. The van der Waals surface area contributed by atoms with Gasteiger partial charge in [0.25, 0.3) is 0 Å². The number of hydrogen-bond donors (Lipinski definition) is 1. The molecule has 5 rings (SSSR count). The Labute approximate surface area is 239 Å². The van der Waals surface area contributed by atoms with Gasteiger partial charge in [-0.1, -0.05) is 39.0 Å². The monoisotopic (exact) mass is 564 g/mol. The number of benzene rings is 2. The molecule has 2 amide bonds. The number of aromatic nitrogens is 2. The van der Waals surface area contributed by atoms with Crippen LogP contribution in [0, 0.1) is 6.92 Å². The fraction of sp³-hybridized carbons (Fsp3) is 0.433. The molecule has 1 N–H and O–H groups in total. The van der Waals surface area contributed by atoms with Gasteiger partial charge in [0.05, 0.1) is 22.4 Å². The first-order valence-electron chi connectivity index (χ1n) is 13.4. The van der Waals surface area contributed by atoms with E-state index < -0.39 is 0 Å². The molecule has 1 aromatic heterocycles. The van der Waals surface area contributed by atoms with Gasteiger partial charge in [-0.15, -0.1) is 11.8 Å². The summed E-state index contributed by atoms with van der Waals surface area (Å²) in [5.41, 5.74) is 4.36. The lowest BCUT2D eigenvalue weighted by atomic mass is 9.87. The number of nitrogens with one attached hydrogen (secondary N) is 1. The summed E-state index contributed by atoms with van der Waals surface area (Å²) in [6.07, 6.45) is 0.693. The number of rotatable bonds is 8. The first-order valence-corrected chi connectivity index (χ1v) is 14.5. The number of methoxy groups -OCH3 is 1. The number of aryl methyl sites for hydroxylation is 1. The summed E-state index contributed by atoms with van der Waals surface area (Å²) >= 11 is 1.54. The minimum Gasteiger partial charge on any atom is -0.454 e. The van der Waals surface area contributed by atoms with Crippen molar-refractivity contribution in [2.75, 3.05) is 44.3 Å². The standard InChI is InChI=1S/C30H36N4O5S/c1-19-8-6-9-21(14-19)34-29-26(28(32-34)30(2,3)4)27(20-10-11-22-23(15-20)39-18-38-22)40-17-25(36)33(29)16-24(35)31-12-7-13-37-5/h6,8-11,14-15,27H,7,12-13,16-18H2,1-5H3,(H,31,35)/t27-/m1/s1. The van der Waals surface area contributed by atoms with Crippen LogP contribution in [-0.2, 0) is 19.7 Å². The van der Waals surface area contributed by atoms with E-state index in [0.29, 0.717) is 36.9 Å². The number of thioether (sulfide) groups is 1. The minimum atomic E-state index is -0.338. The van der Waals surface area contributed by atoms with Crippen LogP contribution in [-0.4, -0.2) is 60.9 Å². The Kier molecular flexibility index (Phi) is 8.09. The molecule has 0 saturated heterocycles. The number of hydrogen-bond acceptors (Lipinski definition) is 7. The van der Waals surface area contributed by atoms with Gasteiger partial charge in [-0.05, 0) is 48.7 Å². The van der Waals surface area contributed by atoms with E-state index in [-0.39, 0.29) is 41.6 Å². The van der Waals surface area contributed by atoms with Gasteiger partial charge in [0.15, 0.2) is 11.5 Å². The van der Waals surface area contributed by atoms with Crippen LogP contribution in [0.25, 0.3) is 5.69 Å². The highest BCUT2D eigenvalue weighted by atomic mass is 32.2. The second-order valence-electron chi connectivity index (χ2n) is 11.1. The number of carbonyl (C=O) groups is 2. The van der Waals surface area contributed by atoms with Gasteiger partial charge in [-0.2, -0.15) is 5.10 Å². The maximum atomic E-state index is 13.8. The average Bonchev–Trinajstić information content (AvgIpc) is 3.52. The summed E-state index contributed by atoms with van der Waals surface area (Å²) in [5, 5.41) is 7.87. The summed E-state index contributed by atoms with van der Waals surface area (Å²) in [4.78, 5) is 28.5. The predicted octanol–water partition coefficient (Wildman–Crippen LogP) is 4.53. The fourth-order valence-electron chi connectivity index (χ4n) is 5.00. The molecule has 0 aliphatic carbocycles. The lowest BCUT2D eigenvalue weighted by Gasteiger charge is -2.24. The van der Waals surface area contributed by atoms with E-state index in [0.717, 1.165) is 28.1 Å². The fourth-order valence-corrected chi connectivity index (χ4v) is 6.18. The predicted molar refractivity (Wildman–Crippen MR) is 156 cm³/mol. The number of anilines is 1. The second kappa shape index (κ2) is 11.5. The van der Waals surface area contributed by atoms with E-state index in [4.69, 9.17) is 19.3 Å². The van der Waals surface area contributed by atoms with Crippen LogP contribution in [0.3, 0.4) is 0 Å². The molecule has 3 aromatic rings. The van der Waals surface area contributed by atoms with Crippen molar-refractivity contribution >= 4 is 29.4 Å². The number of carbonyl (C=O) groups excluding carboxylic acids is 2. The molecule has 0 spiro atoms. The van der Waals surface area contributed by atoms with Crippen molar-refractivity contribution in [3.05, 3.63) is 64.8 Å². The van der Waals surface area contributed by atoms with Crippen LogP contribution in [0.1, 0.15) is 54.8 Å². The molecule has 2 aliphatic rings. The Bertz CT molecular complexity index is 1410. The quantitative estimate of drug-likeness (QED) is 0.402. The number of ether oxygens (including phenoxy) is 3. The van der Waals surface area contributed by atoms with Gasteiger partial charge >= 0.3 is 0 Å². The summed E-state index contributed by atoms with van der Waals surface area (Å²) in [6.45, 7) is 9.50. The van der Waals surface area contributed by atoms with Gasteiger partial charge in [-0.3, -0.25) is 14.5 Å². The van der Waals surface area contributed by atoms with Crippen LogP contribution >= 0.6 is 11.8 Å². The van der Waals surface area contributed by atoms with Crippen molar-refractivity contribution in [2.24, 2.45) is 0 Å². The van der Waals surface area contributed by atoms with Gasteiger partial charge in [0.1, 0.15) is 12.4 Å². The topological polar surface area (TPSA) is 94.9 Å². The lowest BCUT2D eigenvalue weighted by Crippen LogP contribution is -2.42. The highest BCUT2D eigenvalue weighted by Crippen LogP contribution is 2.49. The molecule has 212 valence electrons. The van der Waals surface area contributed by atoms with Crippen molar-refractivity contribution in [1.29, 1.82) is 0 Å². The van der Waals surface area contributed by atoms with E-state index in [1.54, 1.807) is 23.8 Å². The van der Waals surface area contributed by atoms with Gasteiger partial charge < -0.3 is 19.5 Å². The summed E-state index contributed by atoms with van der Waals surface area (Å²) < 4.78 is 18.2. The van der Waals surface area contributed by atoms with E-state index in [1.165, 1.54) is 0 Å². The first kappa shape index (κ1) is 28.0. The maximum Gasteiger partial charge on any atom is 0.240 e. The largest absolute Gasteiger partial charge is 0.454 e. The molecule has 9 nitrogen and oxygen atoms in total. The van der Waals surface area contributed by atoms with E-state index in [1.807, 2.05) is 54.1 Å². The minimum absolute atomic E-state index is 0.103. The summed E-state index contributed by atoms with van der Waals surface area (Å²) in [7, 11) is 1.63. The number of amides is 2. The Balaban J connectivity index is 1.67. The Morgan fingerprint density at radius 3 is 2.73 bits per heavy atom. The summed E-state index contributed by atoms with van der Waals surface area (Å²) in [6, 6.07) is 14.0. The van der Waals surface area contributed by atoms with E-state index in [9.17, 15) is 9.59 Å². The van der Waals surface area contributed by atoms with Gasteiger partial charge in [-0.25, -0.2) is 4.68 Å². The molecule has 0 radical (unpaired) electrons.